The van der Waals surface area contributed by atoms with E-state index in [1.54, 1.807) is 14.0 Å². The van der Waals surface area contributed by atoms with Gasteiger partial charge in [0.05, 0.1) is 18.0 Å². The molecule has 8 nitrogen and oxygen atoms in total. The Labute approximate surface area is 171 Å². The van der Waals surface area contributed by atoms with E-state index < -0.39 is 0 Å². The lowest BCUT2D eigenvalue weighted by Gasteiger charge is -2.39. The van der Waals surface area contributed by atoms with E-state index in [0.29, 0.717) is 37.0 Å². The summed E-state index contributed by atoms with van der Waals surface area (Å²) >= 11 is 0. The molecule has 156 valence electrons. The smallest absolute Gasteiger partial charge is 0.291 e. The molecule has 3 heterocycles. The molecule has 2 aliphatic rings. The normalized spacial score (nSPS) is 17.6. The van der Waals surface area contributed by atoms with E-state index >= 15 is 0 Å². The number of hydrogen-bond acceptors (Lipinski definition) is 7. The van der Waals surface area contributed by atoms with Gasteiger partial charge in [0, 0.05) is 44.6 Å². The van der Waals surface area contributed by atoms with Gasteiger partial charge in [-0.15, -0.1) is 0 Å². The van der Waals surface area contributed by atoms with Crippen LogP contribution in [0.15, 0.2) is 4.42 Å². The molecule has 1 aliphatic carbocycles. The molecular formula is C21H29N5O3. The number of ether oxygens (including phenoxy) is 1. The highest BCUT2D eigenvalue weighted by molar-refractivity contribution is 5.92. The number of oxazole rings is 1. The van der Waals surface area contributed by atoms with Crippen molar-refractivity contribution in [1.29, 1.82) is 0 Å². The van der Waals surface area contributed by atoms with Crippen molar-refractivity contribution in [3.05, 3.63) is 34.4 Å². The number of rotatable bonds is 5. The molecule has 0 saturated carbocycles. The molecule has 1 spiro atoms. The van der Waals surface area contributed by atoms with Crippen LogP contribution in [0.1, 0.15) is 58.5 Å². The lowest BCUT2D eigenvalue weighted by molar-refractivity contribution is 0.0629. The largest absolute Gasteiger partial charge is 0.436 e. The zero-order valence-electron chi connectivity index (χ0n) is 17.7. The summed E-state index contributed by atoms with van der Waals surface area (Å²) in [4.78, 5) is 28.5. The van der Waals surface area contributed by atoms with Crippen LogP contribution in [0.5, 0.6) is 0 Å². The maximum absolute atomic E-state index is 12.9. The molecule has 1 saturated heterocycles. The third-order valence-electron chi connectivity index (χ3n) is 6.18. The number of methoxy groups -OCH3 is 1. The first-order valence-corrected chi connectivity index (χ1v) is 10.3. The summed E-state index contributed by atoms with van der Waals surface area (Å²) < 4.78 is 10.7. The first kappa shape index (κ1) is 19.8. The van der Waals surface area contributed by atoms with Gasteiger partial charge in [-0.3, -0.25) is 4.79 Å². The lowest BCUT2D eigenvalue weighted by atomic mass is 9.76. The van der Waals surface area contributed by atoms with Gasteiger partial charge in [0.1, 0.15) is 11.6 Å². The van der Waals surface area contributed by atoms with Crippen LogP contribution in [-0.4, -0.2) is 59.1 Å². The van der Waals surface area contributed by atoms with E-state index in [1.165, 1.54) is 11.3 Å². The van der Waals surface area contributed by atoms with Gasteiger partial charge < -0.3 is 19.4 Å². The average molecular weight is 399 g/mol. The Balaban J connectivity index is 1.51. The number of hydrogen-bond donors (Lipinski definition) is 1. The summed E-state index contributed by atoms with van der Waals surface area (Å²) in [5.74, 6) is 2.57. The van der Waals surface area contributed by atoms with E-state index in [4.69, 9.17) is 14.1 Å². The minimum Gasteiger partial charge on any atom is -0.436 e. The van der Waals surface area contributed by atoms with Crippen LogP contribution in [0.4, 0.5) is 5.82 Å². The van der Waals surface area contributed by atoms with E-state index in [9.17, 15) is 4.79 Å². The van der Waals surface area contributed by atoms with Gasteiger partial charge in [-0.2, -0.15) is 0 Å². The predicted molar refractivity (Wildman–Crippen MR) is 108 cm³/mol. The van der Waals surface area contributed by atoms with Crippen LogP contribution in [0.25, 0.3) is 0 Å². The Morgan fingerprint density at radius 3 is 2.59 bits per heavy atom. The number of carbonyl (C=O) groups is 1. The van der Waals surface area contributed by atoms with Crippen molar-refractivity contribution in [3.8, 4) is 0 Å². The molecule has 8 heteroatoms. The summed E-state index contributed by atoms with van der Waals surface area (Å²) in [6, 6.07) is 0. The third kappa shape index (κ3) is 3.61. The molecule has 0 unspecified atom stereocenters. The Kier molecular flexibility index (Phi) is 5.29. The molecule has 29 heavy (non-hydrogen) atoms. The maximum Gasteiger partial charge on any atom is 0.291 e. The third-order valence-corrected chi connectivity index (χ3v) is 6.18. The van der Waals surface area contributed by atoms with Gasteiger partial charge in [-0.1, -0.05) is 0 Å². The lowest BCUT2D eigenvalue weighted by Crippen LogP contribution is -2.44. The van der Waals surface area contributed by atoms with Crippen molar-refractivity contribution in [2.24, 2.45) is 0 Å². The topological polar surface area (TPSA) is 93.4 Å². The first-order valence-electron chi connectivity index (χ1n) is 10.3. The van der Waals surface area contributed by atoms with Crippen LogP contribution in [0.2, 0.25) is 0 Å². The van der Waals surface area contributed by atoms with Crippen molar-refractivity contribution in [2.75, 3.05) is 38.7 Å². The van der Waals surface area contributed by atoms with E-state index in [2.05, 4.69) is 15.3 Å². The monoisotopic (exact) mass is 399 g/mol. The van der Waals surface area contributed by atoms with Crippen LogP contribution < -0.4 is 5.32 Å². The fourth-order valence-electron chi connectivity index (χ4n) is 4.67. The van der Waals surface area contributed by atoms with Gasteiger partial charge in [0.2, 0.25) is 5.76 Å². The van der Waals surface area contributed by atoms with Crippen LogP contribution in [0.3, 0.4) is 0 Å². The van der Waals surface area contributed by atoms with Crippen molar-refractivity contribution >= 4 is 11.7 Å². The number of nitrogens with zero attached hydrogens (tertiary/aromatic N) is 4. The minimum absolute atomic E-state index is 0.0316. The molecule has 4 rings (SSSR count). The standard InChI is InChI=1S/C21H29N5O3/c1-13-17(29-15(3)23-13)20(27)26-10-7-21(8-11-26)6-5-16-18(21)24-14(2)25-19(16)22-9-12-28-4/h5-12H2,1-4H3,(H,22,24,25). The highest BCUT2D eigenvalue weighted by atomic mass is 16.5. The van der Waals surface area contributed by atoms with Gasteiger partial charge in [-0.05, 0) is 39.5 Å². The van der Waals surface area contributed by atoms with Crippen molar-refractivity contribution in [3.63, 3.8) is 0 Å². The Morgan fingerprint density at radius 2 is 1.93 bits per heavy atom. The predicted octanol–water partition coefficient (Wildman–Crippen LogP) is 2.57. The molecule has 1 amide bonds. The fourth-order valence-corrected chi connectivity index (χ4v) is 4.67. The summed E-state index contributed by atoms with van der Waals surface area (Å²) in [5.41, 5.74) is 3.09. The second-order valence-corrected chi connectivity index (χ2v) is 8.09. The van der Waals surface area contributed by atoms with Gasteiger partial charge in [0.15, 0.2) is 5.89 Å². The van der Waals surface area contributed by atoms with E-state index in [0.717, 1.165) is 43.9 Å². The molecule has 0 radical (unpaired) electrons. The van der Waals surface area contributed by atoms with E-state index in [-0.39, 0.29) is 11.3 Å². The first-order chi connectivity index (χ1) is 13.9. The van der Waals surface area contributed by atoms with Crippen molar-refractivity contribution in [1.82, 2.24) is 19.9 Å². The van der Waals surface area contributed by atoms with Crippen LogP contribution >= 0.6 is 0 Å². The Morgan fingerprint density at radius 1 is 1.17 bits per heavy atom. The molecular weight excluding hydrogens is 370 g/mol. The zero-order valence-corrected chi connectivity index (χ0v) is 17.7. The molecule has 0 bridgehead atoms. The number of aromatic nitrogens is 3. The molecule has 2 aromatic rings. The number of anilines is 1. The highest BCUT2D eigenvalue weighted by Crippen LogP contribution is 2.47. The maximum atomic E-state index is 12.9. The van der Waals surface area contributed by atoms with Crippen molar-refractivity contribution < 1.29 is 13.9 Å². The SMILES string of the molecule is COCCNc1nc(C)nc2c1CCC21CCN(C(=O)c2oc(C)nc2C)CC1. The van der Waals surface area contributed by atoms with Gasteiger partial charge in [0.25, 0.3) is 5.91 Å². The molecule has 1 aliphatic heterocycles. The molecule has 2 aromatic heterocycles. The summed E-state index contributed by atoms with van der Waals surface area (Å²) in [6.07, 6.45) is 3.85. The zero-order chi connectivity index (χ0) is 20.6. The summed E-state index contributed by atoms with van der Waals surface area (Å²) in [6.45, 7) is 8.30. The molecule has 1 fully saturated rings. The Hall–Kier alpha value is -2.48. The highest BCUT2D eigenvalue weighted by Gasteiger charge is 2.45. The van der Waals surface area contributed by atoms with Gasteiger partial charge in [-0.25, -0.2) is 15.0 Å². The minimum atomic E-state index is -0.0584. The molecule has 0 aromatic carbocycles. The number of likely N-dealkylation sites (tertiary alicyclic amines) is 1. The Bertz CT molecular complexity index is 915. The number of aryl methyl sites for hydroxylation is 3. The molecule has 0 atom stereocenters. The number of nitrogens with one attached hydrogen (secondary N) is 1. The van der Waals surface area contributed by atoms with Crippen LogP contribution in [-0.2, 0) is 16.6 Å². The number of piperidine rings is 1. The second kappa shape index (κ2) is 7.74. The van der Waals surface area contributed by atoms with Gasteiger partial charge >= 0.3 is 0 Å². The number of fused-ring (bicyclic) bond motifs is 2. The number of amides is 1. The van der Waals surface area contributed by atoms with Crippen molar-refractivity contribution in [2.45, 2.75) is 51.9 Å². The summed E-state index contributed by atoms with van der Waals surface area (Å²) in [5, 5.41) is 3.41. The molecule has 1 N–H and O–H groups in total. The average Bonchev–Trinajstić information content (AvgIpc) is 3.22. The van der Waals surface area contributed by atoms with E-state index in [1.807, 2.05) is 18.7 Å². The quantitative estimate of drug-likeness (QED) is 0.772. The fraction of sp³-hybridized carbons (Fsp3) is 0.619. The van der Waals surface area contributed by atoms with Crippen LogP contribution in [0, 0.1) is 20.8 Å². The number of carbonyl (C=O) groups excluding carboxylic acids is 1. The second-order valence-electron chi connectivity index (χ2n) is 8.09. The summed E-state index contributed by atoms with van der Waals surface area (Å²) in [7, 11) is 1.70.